The van der Waals surface area contributed by atoms with Gasteiger partial charge in [0.05, 0.1) is 0 Å². The van der Waals surface area contributed by atoms with E-state index in [1.807, 2.05) is 0 Å². The second-order valence-corrected chi connectivity index (χ2v) is 4.08. The van der Waals surface area contributed by atoms with E-state index in [4.69, 9.17) is 0 Å². The maximum absolute atomic E-state index is 3.56. The number of halogens is 1. The van der Waals surface area contributed by atoms with Gasteiger partial charge < -0.3 is 0 Å². The van der Waals surface area contributed by atoms with Gasteiger partial charge in [-0.2, -0.15) is 0 Å². The average molecular weight is 223 g/mol. The molecule has 0 aromatic heterocycles. The Bertz CT molecular complexity index is 415. The highest BCUT2D eigenvalue weighted by molar-refractivity contribution is 9.10. The van der Waals surface area contributed by atoms with Crippen LogP contribution < -0.4 is 10.4 Å². The Balaban J connectivity index is 2.93. The van der Waals surface area contributed by atoms with Crippen molar-refractivity contribution in [2.24, 2.45) is 0 Å². The van der Waals surface area contributed by atoms with Crippen molar-refractivity contribution in [1.82, 2.24) is 0 Å². The van der Waals surface area contributed by atoms with Crippen molar-refractivity contribution in [3.05, 3.63) is 33.1 Å². The standard InChI is InChI=1S/C11H11Br/c1-8-4-2-6-10-9(8)5-3-7-11(10)12/h3,5-7H,2,4H2,1H3. The molecule has 0 unspecified atom stereocenters. The molecule has 0 aliphatic heterocycles. The minimum absolute atomic E-state index is 1.18. The molecule has 0 N–H and O–H groups in total. The lowest BCUT2D eigenvalue weighted by Crippen LogP contribution is -2.29. The summed E-state index contributed by atoms with van der Waals surface area (Å²) in [5.74, 6) is 0. The zero-order chi connectivity index (χ0) is 8.55. The quantitative estimate of drug-likeness (QED) is 0.632. The molecule has 1 aromatic carbocycles. The van der Waals surface area contributed by atoms with E-state index < -0.39 is 0 Å². The monoisotopic (exact) mass is 222 g/mol. The lowest BCUT2D eigenvalue weighted by molar-refractivity contribution is 1.06. The predicted molar refractivity (Wildman–Crippen MR) is 56.2 cm³/mol. The zero-order valence-corrected chi connectivity index (χ0v) is 8.69. The van der Waals surface area contributed by atoms with Crippen LogP contribution in [0.2, 0.25) is 0 Å². The van der Waals surface area contributed by atoms with Crippen molar-refractivity contribution >= 4 is 27.6 Å². The molecule has 0 atom stereocenters. The number of fused-ring (bicyclic) bond motifs is 1. The molecule has 0 fully saturated rings. The van der Waals surface area contributed by atoms with E-state index in [1.165, 1.54) is 33.3 Å². The van der Waals surface area contributed by atoms with E-state index in [-0.39, 0.29) is 0 Å². The normalized spacial score (nSPS) is 15.3. The Hall–Kier alpha value is -0.560. The van der Waals surface area contributed by atoms with Crippen LogP contribution in [0.1, 0.15) is 19.8 Å². The van der Waals surface area contributed by atoms with E-state index in [9.17, 15) is 0 Å². The van der Waals surface area contributed by atoms with Gasteiger partial charge in [0.25, 0.3) is 0 Å². The van der Waals surface area contributed by atoms with E-state index >= 15 is 0 Å². The van der Waals surface area contributed by atoms with Crippen LogP contribution in [0.25, 0.3) is 11.6 Å². The molecule has 0 saturated carbocycles. The molecular weight excluding hydrogens is 212 g/mol. The zero-order valence-electron chi connectivity index (χ0n) is 7.10. The van der Waals surface area contributed by atoms with Crippen molar-refractivity contribution in [2.45, 2.75) is 19.8 Å². The Kier molecular flexibility index (Phi) is 2.05. The van der Waals surface area contributed by atoms with Gasteiger partial charge in [-0.05, 0) is 36.3 Å². The van der Waals surface area contributed by atoms with Crippen LogP contribution in [0.5, 0.6) is 0 Å². The average Bonchev–Trinajstić information content (AvgIpc) is 2.07. The summed E-state index contributed by atoms with van der Waals surface area (Å²) in [6.45, 7) is 2.22. The summed E-state index contributed by atoms with van der Waals surface area (Å²) in [7, 11) is 0. The smallest absolute Gasteiger partial charge is 0.0250 e. The van der Waals surface area contributed by atoms with Gasteiger partial charge in [-0.15, -0.1) is 0 Å². The van der Waals surface area contributed by atoms with Gasteiger partial charge in [-0.3, -0.25) is 0 Å². The number of hydrogen-bond acceptors (Lipinski definition) is 0. The van der Waals surface area contributed by atoms with Gasteiger partial charge in [0.1, 0.15) is 0 Å². The van der Waals surface area contributed by atoms with E-state index in [0.717, 1.165) is 0 Å². The topological polar surface area (TPSA) is 0 Å². The highest BCUT2D eigenvalue weighted by Crippen LogP contribution is 2.08. The first-order valence-electron chi connectivity index (χ1n) is 4.23. The van der Waals surface area contributed by atoms with Crippen molar-refractivity contribution < 1.29 is 0 Å². The third-order valence-corrected chi connectivity index (χ3v) is 3.07. The van der Waals surface area contributed by atoms with Crippen LogP contribution in [0, 0.1) is 0 Å². The number of hydrogen-bond donors (Lipinski definition) is 0. The maximum atomic E-state index is 3.56. The fraction of sp³-hybridized carbons (Fsp3) is 0.273. The summed E-state index contributed by atoms with van der Waals surface area (Å²) >= 11 is 3.56. The van der Waals surface area contributed by atoms with Gasteiger partial charge >= 0.3 is 0 Å². The van der Waals surface area contributed by atoms with Crippen molar-refractivity contribution in [3.63, 3.8) is 0 Å². The molecule has 0 heterocycles. The summed E-state index contributed by atoms with van der Waals surface area (Å²) in [6.07, 6.45) is 4.71. The Morgan fingerprint density at radius 1 is 1.33 bits per heavy atom. The van der Waals surface area contributed by atoms with Gasteiger partial charge in [-0.25, -0.2) is 0 Å². The van der Waals surface area contributed by atoms with Gasteiger partial charge in [0, 0.05) is 4.47 Å². The van der Waals surface area contributed by atoms with Crippen LogP contribution in [0.4, 0.5) is 0 Å². The van der Waals surface area contributed by atoms with Crippen molar-refractivity contribution in [1.29, 1.82) is 0 Å². The second-order valence-electron chi connectivity index (χ2n) is 3.22. The van der Waals surface area contributed by atoms with E-state index in [1.54, 1.807) is 0 Å². The minimum atomic E-state index is 1.18. The molecule has 0 saturated heterocycles. The van der Waals surface area contributed by atoms with Gasteiger partial charge in [-0.1, -0.05) is 39.7 Å². The van der Waals surface area contributed by atoms with Gasteiger partial charge in [0.15, 0.2) is 0 Å². The molecule has 1 aliphatic rings. The molecule has 0 spiro atoms. The molecule has 0 bridgehead atoms. The maximum Gasteiger partial charge on any atom is 0.0250 e. The molecule has 1 aliphatic carbocycles. The fourth-order valence-electron chi connectivity index (χ4n) is 1.68. The van der Waals surface area contributed by atoms with Crippen LogP contribution in [0.15, 0.2) is 22.7 Å². The van der Waals surface area contributed by atoms with Crippen molar-refractivity contribution in [2.75, 3.05) is 0 Å². The lowest BCUT2D eigenvalue weighted by Gasteiger charge is -2.06. The number of benzene rings is 1. The summed E-state index contributed by atoms with van der Waals surface area (Å²) < 4.78 is 1.22. The molecular formula is C11H11Br. The summed E-state index contributed by atoms with van der Waals surface area (Å²) in [6, 6.07) is 6.41. The molecule has 12 heavy (non-hydrogen) atoms. The molecule has 1 aromatic rings. The Labute approximate surface area is 80.7 Å². The van der Waals surface area contributed by atoms with Gasteiger partial charge in [0.2, 0.25) is 0 Å². The molecule has 1 heteroatoms. The minimum Gasteiger partial charge on any atom is -0.0752 e. The van der Waals surface area contributed by atoms with Crippen LogP contribution >= 0.6 is 15.9 Å². The molecule has 2 rings (SSSR count). The first-order chi connectivity index (χ1) is 5.79. The Morgan fingerprint density at radius 3 is 2.92 bits per heavy atom. The van der Waals surface area contributed by atoms with Crippen LogP contribution in [-0.4, -0.2) is 0 Å². The molecule has 0 radical (unpaired) electrons. The highest BCUT2D eigenvalue weighted by atomic mass is 79.9. The molecule has 62 valence electrons. The lowest BCUT2D eigenvalue weighted by atomic mass is 10.0. The molecule has 0 nitrogen and oxygen atoms in total. The second kappa shape index (κ2) is 3.06. The Morgan fingerprint density at radius 2 is 2.17 bits per heavy atom. The fourth-order valence-corrected chi connectivity index (χ4v) is 2.21. The first-order valence-corrected chi connectivity index (χ1v) is 5.03. The SMILES string of the molecule is CC1=c2cccc(Br)c2=CCC1. The van der Waals surface area contributed by atoms with Crippen LogP contribution in [0.3, 0.4) is 0 Å². The first kappa shape index (κ1) is 8.06. The van der Waals surface area contributed by atoms with E-state index in [2.05, 4.69) is 47.1 Å². The van der Waals surface area contributed by atoms with Crippen LogP contribution in [-0.2, 0) is 0 Å². The number of rotatable bonds is 0. The molecule has 0 amide bonds. The summed E-state index contributed by atoms with van der Waals surface area (Å²) in [4.78, 5) is 0. The third kappa shape index (κ3) is 1.22. The van der Waals surface area contributed by atoms with E-state index in [0.29, 0.717) is 0 Å². The summed E-state index contributed by atoms with van der Waals surface area (Å²) in [5, 5.41) is 2.79. The predicted octanol–water partition coefficient (Wildman–Crippen LogP) is 2.19. The highest BCUT2D eigenvalue weighted by Gasteiger charge is 2.00. The largest absolute Gasteiger partial charge is 0.0752 e. The third-order valence-electron chi connectivity index (χ3n) is 2.38. The summed E-state index contributed by atoms with van der Waals surface area (Å²) in [5.41, 5.74) is 1.51. The van der Waals surface area contributed by atoms with Crippen molar-refractivity contribution in [3.8, 4) is 0 Å².